The van der Waals surface area contributed by atoms with E-state index >= 15 is 0 Å². The van der Waals surface area contributed by atoms with Crippen LogP contribution in [0.1, 0.15) is 0 Å². The van der Waals surface area contributed by atoms with Crippen molar-refractivity contribution in [2.24, 2.45) is 0 Å². The number of halogens is 1. The summed E-state index contributed by atoms with van der Waals surface area (Å²) in [6.07, 6.45) is 1.40. The molecule has 0 fully saturated rings. The average Bonchev–Trinajstić information content (AvgIpc) is 2.53. The monoisotopic (exact) mass is 178 g/mol. The van der Waals surface area contributed by atoms with Crippen LogP contribution in [0.15, 0.2) is 34.9 Å². The van der Waals surface area contributed by atoms with Crippen LogP contribution in [-0.2, 0) is 0 Å². The van der Waals surface area contributed by atoms with Gasteiger partial charge in [0.2, 0.25) is 0 Å². The van der Waals surface area contributed by atoms with Crippen LogP contribution < -0.4 is 5.73 Å². The van der Waals surface area contributed by atoms with E-state index in [0.717, 1.165) is 0 Å². The number of hydrogen-bond donors (Lipinski definition) is 1. The molecule has 0 aliphatic heterocycles. The number of hydrogen-bond acceptors (Lipinski definition) is 3. The van der Waals surface area contributed by atoms with Crippen molar-refractivity contribution < 1.29 is 8.81 Å². The molecule has 0 saturated heterocycles. The van der Waals surface area contributed by atoms with Crippen molar-refractivity contribution in [3.8, 4) is 11.3 Å². The van der Waals surface area contributed by atoms with E-state index in [0.29, 0.717) is 11.3 Å². The van der Waals surface area contributed by atoms with E-state index < -0.39 is 0 Å². The molecule has 0 aliphatic rings. The summed E-state index contributed by atoms with van der Waals surface area (Å²) >= 11 is 0. The highest BCUT2D eigenvalue weighted by molar-refractivity contribution is 5.57. The molecule has 2 rings (SSSR count). The molecule has 0 atom stereocenters. The third-order valence-corrected chi connectivity index (χ3v) is 1.66. The average molecular weight is 178 g/mol. The quantitative estimate of drug-likeness (QED) is 0.727. The molecule has 0 radical (unpaired) electrons. The Balaban J connectivity index is 2.52. The highest BCUT2D eigenvalue weighted by Gasteiger charge is 2.07. The van der Waals surface area contributed by atoms with E-state index in [1.807, 2.05) is 0 Å². The Morgan fingerprint density at radius 2 is 2.08 bits per heavy atom. The molecule has 1 aromatic heterocycles. The van der Waals surface area contributed by atoms with Crippen LogP contribution in [0, 0.1) is 5.82 Å². The molecule has 2 N–H and O–H groups in total. The van der Waals surface area contributed by atoms with Gasteiger partial charge in [-0.3, -0.25) is 0 Å². The number of nitrogens with zero attached hydrogens (tertiary/aromatic N) is 1. The first-order valence-electron chi connectivity index (χ1n) is 3.73. The topological polar surface area (TPSA) is 52.0 Å². The second-order valence-corrected chi connectivity index (χ2v) is 2.54. The second-order valence-electron chi connectivity index (χ2n) is 2.54. The molecule has 66 valence electrons. The van der Waals surface area contributed by atoms with E-state index in [-0.39, 0.29) is 11.8 Å². The van der Waals surface area contributed by atoms with Crippen LogP contribution in [0.3, 0.4) is 0 Å². The number of benzene rings is 1. The van der Waals surface area contributed by atoms with Gasteiger partial charge in [-0.2, -0.15) is 0 Å². The lowest BCUT2D eigenvalue weighted by Crippen LogP contribution is -1.81. The highest BCUT2D eigenvalue weighted by atomic mass is 19.1. The van der Waals surface area contributed by atoms with Crippen LogP contribution >= 0.6 is 0 Å². The molecule has 4 heteroatoms. The molecule has 0 saturated carbocycles. The van der Waals surface area contributed by atoms with E-state index in [1.165, 1.54) is 12.3 Å². The van der Waals surface area contributed by atoms with Gasteiger partial charge in [0.25, 0.3) is 6.01 Å². The van der Waals surface area contributed by atoms with Crippen molar-refractivity contribution in [3.05, 3.63) is 36.3 Å². The largest absolute Gasteiger partial charge is 0.424 e. The van der Waals surface area contributed by atoms with Crippen molar-refractivity contribution in [3.63, 3.8) is 0 Å². The first-order valence-corrected chi connectivity index (χ1v) is 3.73. The fraction of sp³-hybridized carbons (Fsp3) is 0. The smallest absolute Gasteiger partial charge is 0.292 e. The van der Waals surface area contributed by atoms with Gasteiger partial charge in [-0.15, -0.1) is 0 Å². The number of rotatable bonds is 1. The Morgan fingerprint density at radius 1 is 1.31 bits per heavy atom. The molecular formula is C9H7FN2O. The lowest BCUT2D eigenvalue weighted by molar-refractivity contribution is 0.580. The van der Waals surface area contributed by atoms with Crippen molar-refractivity contribution in [1.29, 1.82) is 0 Å². The van der Waals surface area contributed by atoms with Crippen LogP contribution in [-0.4, -0.2) is 4.98 Å². The van der Waals surface area contributed by atoms with Gasteiger partial charge in [-0.05, 0) is 12.1 Å². The molecule has 0 unspecified atom stereocenters. The summed E-state index contributed by atoms with van der Waals surface area (Å²) in [5.74, 6) is -0.00532. The molecule has 0 bridgehead atoms. The van der Waals surface area contributed by atoms with Gasteiger partial charge in [0.15, 0.2) is 5.76 Å². The van der Waals surface area contributed by atoms with Crippen molar-refractivity contribution in [1.82, 2.24) is 4.98 Å². The zero-order valence-electron chi connectivity index (χ0n) is 6.70. The summed E-state index contributed by atoms with van der Waals surface area (Å²) < 4.78 is 18.1. The maximum atomic E-state index is 13.2. The van der Waals surface area contributed by atoms with E-state index in [1.54, 1.807) is 18.2 Å². The number of aromatic nitrogens is 1. The van der Waals surface area contributed by atoms with Crippen molar-refractivity contribution in [2.45, 2.75) is 0 Å². The van der Waals surface area contributed by atoms with Gasteiger partial charge in [0.05, 0.1) is 11.8 Å². The summed E-state index contributed by atoms with van der Waals surface area (Å²) in [6, 6.07) is 6.33. The Bertz CT molecular complexity index is 425. The minimum Gasteiger partial charge on any atom is -0.424 e. The number of nitrogen functional groups attached to an aromatic ring is 1. The maximum absolute atomic E-state index is 13.2. The molecule has 1 aromatic carbocycles. The fourth-order valence-corrected chi connectivity index (χ4v) is 1.07. The normalized spacial score (nSPS) is 10.2. The first-order chi connectivity index (χ1) is 6.27. The number of nitrogens with two attached hydrogens (primary N) is 1. The van der Waals surface area contributed by atoms with Crippen molar-refractivity contribution >= 4 is 6.01 Å². The lowest BCUT2D eigenvalue weighted by atomic mass is 10.2. The van der Waals surface area contributed by atoms with E-state index in [9.17, 15) is 4.39 Å². The fourth-order valence-electron chi connectivity index (χ4n) is 1.07. The van der Waals surface area contributed by atoms with Gasteiger partial charge in [-0.25, -0.2) is 9.37 Å². The molecule has 0 aliphatic carbocycles. The van der Waals surface area contributed by atoms with E-state index in [2.05, 4.69) is 4.98 Å². The predicted molar refractivity (Wildman–Crippen MR) is 46.3 cm³/mol. The summed E-state index contributed by atoms with van der Waals surface area (Å²) in [6.45, 7) is 0. The Morgan fingerprint density at radius 3 is 2.69 bits per heavy atom. The van der Waals surface area contributed by atoms with Gasteiger partial charge < -0.3 is 10.2 Å². The zero-order chi connectivity index (χ0) is 9.26. The SMILES string of the molecule is Nc1ncc(-c2ccccc2F)o1. The van der Waals surface area contributed by atoms with Crippen LogP contribution in [0.4, 0.5) is 10.4 Å². The second kappa shape index (κ2) is 2.90. The predicted octanol–water partition coefficient (Wildman–Crippen LogP) is 2.06. The first kappa shape index (κ1) is 7.79. The molecule has 0 amide bonds. The molecule has 1 heterocycles. The Labute approximate surface area is 74.0 Å². The molecular weight excluding hydrogens is 171 g/mol. The van der Waals surface area contributed by atoms with Crippen LogP contribution in [0.2, 0.25) is 0 Å². The highest BCUT2D eigenvalue weighted by Crippen LogP contribution is 2.23. The summed E-state index contributed by atoms with van der Waals surface area (Å²) in [5, 5.41) is 0. The zero-order valence-corrected chi connectivity index (χ0v) is 6.70. The minimum absolute atomic E-state index is 0.0400. The molecule has 2 aromatic rings. The Hall–Kier alpha value is -1.84. The van der Waals surface area contributed by atoms with E-state index in [4.69, 9.17) is 10.2 Å². The minimum atomic E-state index is -0.348. The molecule has 3 nitrogen and oxygen atoms in total. The summed E-state index contributed by atoms with van der Waals surface area (Å²) in [5.41, 5.74) is 5.63. The van der Waals surface area contributed by atoms with Gasteiger partial charge in [-0.1, -0.05) is 12.1 Å². The summed E-state index contributed by atoms with van der Waals surface area (Å²) in [7, 11) is 0. The van der Waals surface area contributed by atoms with Crippen LogP contribution in [0.5, 0.6) is 0 Å². The third kappa shape index (κ3) is 1.38. The van der Waals surface area contributed by atoms with Crippen molar-refractivity contribution in [2.75, 3.05) is 5.73 Å². The summed E-state index contributed by atoms with van der Waals surface area (Å²) in [4.78, 5) is 3.68. The number of anilines is 1. The Kier molecular flexibility index (Phi) is 1.73. The van der Waals surface area contributed by atoms with Gasteiger partial charge >= 0.3 is 0 Å². The van der Waals surface area contributed by atoms with Gasteiger partial charge in [0, 0.05) is 0 Å². The molecule has 0 spiro atoms. The maximum Gasteiger partial charge on any atom is 0.292 e. The lowest BCUT2D eigenvalue weighted by Gasteiger charge is -1.96. The standard InChI is InChI=1S/C9H7FN2O/c10-7-4-2-1-3-6(7)8-5-12-9(11)13-8/h1-5H,(H2,11,12). The van der Waals surface area contributed by atoms with Crippen LogP contribution in [0.25, 0.3) is 11.3 Å². The van der Waals surface area contributed by atoms with Gasteiger partial charge in [0.1, 0.15) is 5.82 Å². The number of oxazole rings is 1. The third-order valence-electron chi connectivity index (χ3n) is 1.66. The molecule has 13 heavy (non-hydrogen) atoms.